The van der Waals surface area contributed by atoms with Crippen molar-refractivity contribution < 1.29 is 13.2 Å². The summed E-state index contributed by atoms with van der Waals surface area (Å²) in [6.07, 6.45) is 1.72. The summed E-state index contributed by atoms with van der Waals surface area (Å²) in [5.74, 6) is 0.382. The topological polar surface area (TPSA) is 54.2 Å². The lowest BCUT2D eigenvalue weighted by Crippen LogP contribution is -2.38. The van der Waals surface area contributed by atoms with Crippen molar-refractivity contribution in [1.82, 2.24) is 20.4 Å². The smallest absolute Gasteiger partial charge is 0.357 e. The number of halogens is 4. The van der Waals surface area contributed by atoms with Gasteiger partial charge in [0.2, 0.25) is 0 Å². The van der Waals surface area contributed by atoms with Crippen LogP contribution in [0.25, 0.3) is 0 Å². The van der Waals surface area contributed by atoms with Gasteiger partial charge in [0.25, 0.3) is 0 Å². The normalized spacial score (nSPS) is 16.1. The second-order valence-corrected chi connectivity index (χ2v) is 5.71. The van der Waals surface area contributed by atoms with Crippen LogP contribution in [0.5, 0.6) is 0 Å². The van der Waals surface area contributed by atoms with Gasteiger partial charge in [0.05, 0.1) is 24.7 Å². The molecule has 1 aromatic heterocycles. The van der Waals surface area contributed by atoms with Crippen LogP contribution < -0.4 is 10.6 Å². The molecule has 9 heteroatoms. The number of alkyl halides is 3. The van der Waals surface area contributed by atoms with Crippen molar-refractivity contribution in [2.45, 2.75) is 57.8 Å². The predicted molar refractivity (Wildman–Crippen MR) is 98.6 cm³/mol. The van der Waals surface area contributed by atoms with Gasteiger partial charge >= 0.3 is 6.18 Å². The molecule has 0 aliphatic heterocycles. The molecule has 1 aliphatic rings. The molecular formula is C15H25F3IN5. The first-order valence-corrected chi connectivity index (χ1v) is 8.11. The zero-order valence-electron chi connectivity index (χ0n) is 13.8. The third-order valence-electron chi connectivity index (χ3n) is 3.81. The molecule has 2 N–H and O–H groups in total. The summed E-state index contributed by atoms with van der Waals surface area (Å²) >= 11 is 0. The molecule has 0 atom stereocenters. The maximum Gasteiger partial charge on any atom is 0.390 e. The molecule has 24 heavy (non-hydrogen) atoms. The van der Waals surface area contributed by atoms with Crippen molar-refractivity contribution in [3.8, 4) is 0 Å². The SMILES string of the molecule is CCNC(=NCc1ccn(C2CCCC2)n1)NCCC(F)(F)F.I. The molecule has 0 amide bonds. The Morgan fingerprint density at radius 3 is 2.67 bits per heavy atom. The highest BCUT2D eigenvalue weighted by atomic mass is 127. The fourth-order valence-electron chi connectivity index (χ4n) is 2.66. The molecule has 0 radical (unpaired) electrons. The highest BCUT2D eigenvalue weighted by Crippen LogP contribution is 2.28. The van der Waals surface area contributed by atoms with Crippen LogP contribution in [-0.4, -0.2) is 35.0 Å². The number of hydrogen-bond donors (Lipinski definition) is 2. The van der Waals surface area contributed by atoms with E-state index in [2.05, 4.69) is 20.7 Å². The fourth-order valence-corrected chi connectivity index (χ4v) is 2.66. The zero-order valence-corrected chi connectivity index (χ0v) is 16.1. The average molecular weight is 459 g/mol. The lowest BCUT2D eigenvalue weighted by molar-refractivity contribution is -0.132. The summed E-state index contributed by atoms with van der Waals surface area (Å²) in [7, 11) is 0. The molecule has 1 heterocycles. The summed E-state index contributed by atoms with van der Waals surface area (Å²) in [5.41, 5.74) is 0.824. The van der Waals surface area contributed by atoms with Crippen LogP contribution in [0.15, 0.2) is 17.3 Å². The molecule has 1 fully saturated rings. The summed E-state index contributed by atoms with van der Waals surface area (Å²) in [5, 5.41) is 10.1. The standard InChI is InChI=1S/C15H24F3N5.HI/c1-2-19-14(20-9-8-15(16,17)18)21-11-12-7-10-23(22-12)13-5-3-4-6-13;/h7,10,13H,2-6,8-9,11H2,1H3,(H2,19,20,21);1H. The van der Waals surface area contributed by atoms with Gasteiger partial charge in [-0.2, -0.15) is 18.3 Å². The van der Waals surface area contributed by atoms with Gasteiger partial charge in [0, 0.05) is 19.3 Å². The molecular weight excluding hydrogens is 434 g/mol. The van der Waals surface area contributed by atoms with Crippen LogP contribution in [0.3, 0.4) is 0 Å². The van der Waals surface area contributed by atoms with E-state index < -0.39 is 12.6 Å². The third kappa shape index (κ3) is 7.27. The van der Waals surface area contributed by atoms with Crippen molar-refractivity contribution >= 4 is 29.9 Å². The number of guanidine groups is 1. The van der Waals surface area contributed by atoms with Crippen LogP contribution in [0.4, 0.5) is 13.2 Å². The van der Waals surface area contributed by atoms with E-state index in [1.807, 2.05) is 23.9 Å². The minimum Gasteiger partial charge on any atom is -0.357 e. The third-order valence-corrected chi connectivity index (χ3v) is 3.81. The predicted octanol–water partition coefficient (Wildman–Crippen LogP) is 3.62. The molecule has 0 aromatic carbocycles. The van der Waals surface area contributed by atoms with Crippen molar-refractivity contribution in [3.63, 3.8) is 0 Å². The highest BCUT2D eigenvalue weighted by Gasteiger charge is 2.26. The van der Waals surface area contributed by atoms with Crippen LogP contribution in [-0.2, 0) is 6.54 Å². The minimum absolute atomic E-state index is 0. The lowest BCUT2D eigenvalue weighted by Gasteiger charge is -2.12. The number of rotatable bonds is 6. The molecule has 138 valence electrons. The lowest BCUT2D eigenvalue weighted by atomic mass is 10.3. The Balaban J connectivity index is 0.00000288. The Morgan fingerprint density at radius 1 is 1.33 bits per heavy atom. The number of nitrogens with zero attached hydrogens (tertiary/aromatic N) is 3. The van der Waals surface area contributed by atoms with Gasteiger partial charge in [0.15, 0.2) is 5.96 Å². The van der Waals surface area contributed by atoms with Gasteiger partial charge in [-0.15, -0.1) is 24.0 Å². The van der Waals surface area contributed by atoms with E-state index >= 15 is 0 Å². The van der Waals surface area contributed by atoms with E-state index in [0.717, 1.165) is 18.5 Å². The van der Waals surface area contributed by atoms with E-state index in [1.165, 1.54) is 12.8 Å². The van der Waals surface area contributed by atoms with E-state index in [1.54, 1.807) is 0 Å². The Bertz CT molecular complexity index is 509. The molecule has 0 unspecified atom stereocenters. The highest BCUT2D eigenvalue weighted by molar-refractivity contribution is 14.0. The Hall–Kier alpha value is -1.00. The van der Waals surface area contributed by atoms with Crippen molar-refractivity contribution in [1.29, 1.82) is 0 Å². The van der Waals surface area contributed by atoms with E-state index in [9.17, 15) is 13.2 Å². The molecule has 1 aliphatic carbocycles. The van der Waals surface area contributed by atoms with Crippen LogP contribution >= 0.6 is 24.0 Å². The Kier molecular flexibility index (Phi) is 8.85. The molecule has 0 saturated heterocycles. The van der Waals surface area contributed by atoms with E-state index in [0.29, 0.717) is 25.1 Å². The van der Waals surface area contributed by atoms with Crippen molar-refractivity contribution in [2.24, 2.45) is 4.99 Å². The number of aliphatic imine (C=N–C) groups is 1. The summed E-state index contributed by atoms with van der Waals surface area (Å²) in [6.45, 7) is 2.62. The largest absolute Gasteiger partial charge is 0.390 e. The quantitative estimate of drug-likeness (QED) is 0.388. The number of hydrogen-bond acceptors (Lipinski definition) is 2. The molecule has 1 saturated carbocycles. The van der Waals surface area contributed by atoms with Gasteiger partial charge in [-0.1, -0.05) is 12.8 Å². The fraction of sp³-hybridized carbons (Fsp3) is 0.733. The summed E-state index contributed by atoms with van der Waals surface area (Å²) in [4.78, 5) is 4.29. The van der Waals surface area contributed by atoms with Crippen LogP contribution in [0.1, 0.15) is 50.8 Å². The second-order valence-electron chi connectivity index (χ2n) is 5.71. The molecule has 2 rings (SSSR count). The maximum atomic E-state index is 12.2. The van der Waals surface area contributed by atoms with Gasteiger partial charge in [-0.25, -0.2) is 4.99 Å². The van der Waals surface area contributed by atoms with E-state index in [4.69, 9.17) is 0 Å². The van der Waals surface area contributed by atoms with Gasteiger partial charge < -0.3 is 10.6 Å². The van der Waals surface area contributed by atoms with Crippen LogP contribution in [0.2, 0.25) is 0 Å². The van der Waals surface area contributed by atoms with Crippen LogP contribution in [0, 0.1) is 0 Å². The first kappa shape index (κ1) is 21.0. The first-order chi connectivity index (χ1) is 11.0. The molecule has 5 nitrogen and oxygen atoms in total. The molecule has 0 spiro atoms. The zero-order chi connectivity index (χ0) is 16.7. The number of aromatic nitrogens is 2. The molecule has 0 bridgehead atoms. The van der Waals surface area contributed by atoms with Crippen molar-refractivity contribution in [3.05, 3.63) is 18.0 Å². The minimum atomic E-state index is -4.16. The van der Waals surface area contributed by atoms with E-state index in [-0.39, 0.29) is 30.5 Å². The van der Waals surface area contributed by atoms with Gasteiger partial charge in [-0.3, -0.25) is 4.68 Å². The number of nitrogens with one attached hydrogen (secondary N) is 2. The Labute approximate surface area is 157 Å². The summed E-state index contributed by atoms with van der Waals surface area (Å²) in [6, 6.07) is 2.40. The summed E-state index contributed by atoms with van der Waals surface area (Å²) < 4.78 is 38.5. The molecule has 1 aromatic rings. The maximum absolute atomic E-state index is 12.2. The van der Waals surface area contributed by atoms with Gasteiger partial charge in [0.1, 0.15) is 0 Å². The second kappa shape index (κ2) is 10.1. The monoisotopic (exact) mass is 459 g/mol. The average Bonchev–Trinajstić information content (AvgIpc) is 3.14. The van der Waals surface area contributed by atoms with Crippen molar-refractivity contribution in [2.75, 3.05) is 13.1 Å². The first-order valence-electron chi connectivity index (χ1n) is 8.11. The Morgan fingerprint density at radius 2 is 2.04 bits per heavy atom. The van der Waals surface area contributed by atoms with Gasteiger partial charge in [-0.05, 0) is 25.8 Å².